The highest BCUT2D eigenvalue weighted by molar-refractivity contribution is 7.35. The summed E-state index contributed by atoms with van der Waals surface area (Å²) in [5.74, 6) is -0.673. The van der Waals surface area contributed by atoms with Gasteiger partial charge in [-0.1, -0.05) is 10.9 Å². The van der Waals surface area contributed by atoms with Gasteiger partial charge in [0.25, 0.3) is 5.91 Å². The van der Waals surface area contributed by atoms with Crippen LogP contribution >= 0.6 is 0 Å². The molecule has 2 aromatic carbocycles. The molecule has 0 bridgehead atoms. The third-order valence-electron chi connectivity index (χ3n) is 4.42. The Balaban J connectivity index is 2.49. The fourth-order valence-electron chi connectivity index (χ4n) is 3.09. The van der Waals surface area contributed by atoms with E-state index in [0.29, 0.717) is 18.4 Å². The van der Waals surface area contributed by atoms with Crippen molar-refractivity contribution in [2.45, 2.75) is 13.8 Å². The number of benzene rings is 2. The molecule has 0 unspecified atom stereocenters. The fraction of sp³-hybridized carbons (Fsp3) is 0.133. The van der Waals surface area contributed by atoms with Crippen molar-refractivity contribution in [3.05, 3.63) is 34.9 Å². The van der Waals surface area contributed by atoms with Gasteiger partial charge in [0.15, 0.2) is 11.5 Å². The molecule has 0 aliphatic carbocycles. The van der Waals surface area contributed by atoms with Crippen LogP contribution in [0.15, 0.2) is 18.2 Å². The Bertz CT molecular complexity index is 818. The Morgan fingerprint density at radius 2 is 1.76 bits per heavy atom. The van der Waals surface area contributed by atoms with Gasteiger partial charge < -0.3 is 20.6 Å². The quantitative estimate of drug-likeness (QED) is 0.278. The highest BCUT2D eigenvalue weighted by atomic mass is 16.3. The van der Waals surface area contributed by atoms with Crippen LogP contribution in [0.4, 0.5) is 5.69 Å². The van der Waals surface area contributed by atoms with Crippen molar-refractivity contribution in [2.75, 3.05) is 5.32 Å². The molecule has 2 rings (SSSR count). The molecule has 0 aromatic heterocycles. The molecule has 0 heterocycles. The van der Waals surface area contributed by atoms with Crippen LogP contribution in [0.2, 0.25) is 0 Å². The van der Waals surface area contributed by atoms with E-state index in [2.05, 4.69) is 5.32 Å². The zero-order valence-electron chi connectivity index (χ0n) is 15.3. The number of rotatable bonds is 4. The lowest BCUT2D eigenvalue weighted by Gasteiger charge is -2.20. The molecule has 2 aromatic rings. The Labute approximate surface area is 151 Å². The molecule has 0 atom stereocenters. The minimum absolute atomic E-state index is 0.113. The number of phenols is 3. The maximum absolute atomic E-state index is 12.6. The minimum atomic E-state index is -0.382. The van der Waals surface area contributed by atoms with Gasteiger partial charge in [-0.15, -0.1) is 0 Å². The number of carbonyl (C=O) groups is 1. The Morgan fingerprint density at radius 1 is 1.12 bits per heavy atom. The summed E-state index contributed by atoms with van der Waals surface area (Å²) in [6.45, 7) is 3.57. The van der Waals surface area contributed by atoms with E-state index in [4.69, 9.17) is 0 Å². The van der Waals surface area contributed by atoms with E-state index >= 15 is 0 Å². The molecule has 4 N–H and O–H groups in total. The smallest absolute Gasteiger partial charge is 0.255 e. The fourth-order valence-corrected chi connectivity index (χ4v) is 3.09. The first-order chi connectivity index (χ1) is 11.7. The van der Waals surface area contributed by atoms with E-state index in [-0.39, 0.29) is 35.2 Å². The van der Waals surface area contributed by atoms with Gasteiger partial charge in [-0.05, 0) is 43.2 Å². The van der Waals surface area contributed by atoms with Gasteiger partial charge in [0.1, 0.15) is 19.4 Å². The summed E-state index contributed by atoms with van der Waals surface area (Å²) in [6, 6.07) is 4.55. The van der Waals surface area contributed by atoms with Crippen molar-refractivity contribution in [1.82, 2.24) is 0 Å². The molecule has 0 saturated carbocycles. The lowest BCUT2D eigenvalue weighted by Crippen LogP contribution is -2.39. The van der Waals surface area contributed by atoms with Crippen LogP contribution in [0.1, 0.15) is 21.5 Å². The molecule has 1 amide bonds. The van der Waals surface area contributed by atoms with Crippen molar-refractivity contribution in [2.24, 2.45) is 0 Å². The van der Waals surface area contributed by atoms with E-state index in [0.717, 1.165) is 16.5 Å². The average Bonchev–Trinajstić information content (AvgIpc) is 2.54. The van der Waals surface area contributed by atoms with E-state index in [9.17, 15) is 20.1 Å². The number of phenolic OH excluding ortho intramolecular Hbond substituents is 3. The predicted octanol–water partition coefficient (Wildman–Crippen LogP) is -2.76. The molecule has 5 nitrogen and oxygen atoms in total. The molecule has 10 heteroatoms. The summed E-state index contributed by atoms with van der Waals surface area (Å²) in [7, 11) is 6.59. The summed E-state index contributed by atoms with van der Waals surface area (Å²) in [4.78, 5) is 12.6. The van der Waals surface area contributed by atoms with Crippen LogP contribution in [0.25, 0.3) is 0 Å². The normalized spacial score (nSPS) is 10.3. The Morgan fingerprint density at radius 3 is 2.28 bits per heavy atom. The van der Waals surface area contributed by atoms with Crippen molar-refractivity contribution >= 4 is 59.4 Å². The number of carbonyl (C=O) groups excluding carboxylic acids is 1. The van der Waals surface area contributed by atoms with Crippen molar-refractivity contribution in [3.8, 4) is 17.2 Å². The summed E-state index contributed by atoms with van der Waals surface area (Å²) in [5.41, 5.74) is 3.73. The summed E-state index contributed by atoms with van der Waals surface area (Å²) in [5, 5.41) is 32.6. The topological polar surface area (TPSA) is 89.8 Å². The van der Waals surface area contributed by atoms with Crippen molar-refractivity contribution in [1.29, 1.82) is 0 Å². The molecule has 0 aliphatic rings. The monoisotopic (exact) mass is 333 g/mol. The van der Waals surface area contributed by atoms with Gasteiger partial charge in [0, 0.05) is 11.3 Å². The molecular formula is C15H20B5NO4. The van der Waals surface area contributed by atoms with Gasteiger partial charge in [-0.25, -0.2) is 0 Å². The van der Waals surface area contributed by atoms with E-state index in [1.54, 1.807) is 13.0 Å². The molecule has 0 fully saturated rings. The highest BCUT2D eigenvalue weighted by Gasteiger charge is 2.20. The number of hydrogen-bond acceptors (Lipinski definition) is 4. The van der Waals surface area contributed by atoms with Crippen molar-refractivity contribution in [3.63, 3.8) is 0 Å². The van der Waals surface area contributed by atoms with Crippen molar-refractivity contribution < 1.29 is 20.1 Å². The number of hydrogen-bond donors (Lipinski definition) is 4. The SMILES string of the molecule is BBc1cc(NC(=O)c2cc(C)c(O)c(O)c2)c(B(B)B)c(C)c1O. The van der Waals surface area contributed by atoms with Gasteiger partial charge in [-0.2, -0.15) is 0 Å². The van der Waals surface area contributed by atoms with Gasteiger partial charge >= 0.3 is 0 Å². The van der Waals surface area contributed by atoms with E-state index in [1.807, 2.05) is 30.1 Å². The van der Waals surface area contributed by atoms with Gasteiger partial charge in [-0.3, -0.25) is 4.79 Å². The first-order valence-electron chi connectivity index (χ1n) is 8.36. The lowest BCUT2D eigenvalue weighted by molar-refractivity contribution is 0.102. The van der Waals surface area contributed by atoms with Crippen LogP contribution in [0.5, 0.6) is 17.2 Å². The van der Waals surface area contributed by atoms with Crippen LogP contribution in [-0.4, -0.2) is 58.1 Å². The average molecular weight is 332 g/mol. The Kier molecular flexibility index (Phi) is 5.50. The number of nitrogens with one attached hydrogen (secondary N) is 1. The maximum Gasteiger partial charge on any atom is 0.255 e. The maximum atomic E-state index is 12.6. The molecule has 0 radical (unpaired) electrons. The largest absolute Gasteiger partial charge is 0.508 e. The van der Waals surface area contributed by atoms with Gasteiger partial charge in [0.2, 0.25) is 0 Å². The number of aromatic hydroxyl groups is 3. The van der Waals surface area contributed by atoms with Crippen LogP contribution in [0, 0.1) is 13.8 Å². The molecule has 0 spiro atoms. The first kappa shape index (κ1) is 19.0. The zero-order chi connectivity index (χ0) is 18.9. The van der Waals surface area contributed by atoms with Crippen LogP contribution in [-0.2, 0) is 0 Å². The number of anilines is 1. The molecule has 0 aliphatic heterocycles. The number of aryl methyl sites for hydroxylation is 1. The van der Waals surface area contributed by atoms with E-state index in [1.165, 1.54) is 12.1 Å². The Hall–Kier alpha value is -2.37. The predicted molar refractivity (Wildman–Crippen MR) is 113 cm³/mol. The molecular weight excluding hydrogens is 312 g/mol. The van der Waals surface area contributed by atoms with Gasteiger partial charge in [0.05, 0.1) is 23.2 Å². The summed E-state index contributed by atoms with van der Waals surface area (Å²) < 4.78 is 0. The summed E-state index contributed by atoms with van der Waals surface area (Å²) >= 11 is 0. The first-order valence-corrected chi connectivity index (χ1v) is 8.36. The minimum Gasteiger partial charge on any atom is -0.508 e. The second-order valence-electron chi connectivity index (χ2n) is 6.59. The molecule has 25 heavy (non-hydrogen) atoms. The molecule has 124 valence electrons. The number of amides is 1. The third kappa shape index (κ3) is 3.68. The molecule has 0 saturated heterocycles. The van der Waals surface area contributed by atoms with Crippen LogP contribution in [0.3, 0.4) is 0 Å². The third-order valence-corrected chi connectivity index (χ3v) is 4.42. The van der Waals surface area contributed by atoms with Crippen LogP contribution < -0.4 is 16.2 Å². The van der Waals surface area contributed by atoms with E-state index < -0.39 is 0 Å². The lowest BCUT2D eigenvalue weighted by atomic mass is 9.16. The highest BCUT2D eigenvalue weighted by Crippen LogP contribution is 2.30. The summed E-state index contributed by atoms with van der Waals surface area (Å²) in [6.07, 6.45) is 0. The standard InChI is InChI=1S/C15H20B5NO4/c1-6-3-8(4-11(22)13(6)23)15(25)21-10-5-9(19-16)14(24)7(2)12(10)20(17)18/h3-5,19,22-24H,16-18H2,1-2H3,(H,21,25). The second kappa shape index (κ2) is 7.25. The second-order valence-corrected chi connectivity index (χ2v) is 6.59. The zero-order valence-corrected chi connectivity index (χ0v) is 15.3.